The molecule has 0 fully saturated rings. The number of hydrogen-bond acceptors (Lipinski definition) is 1. The number of nitrogens with zero attached hydrogens (tertiary/aromatic N) is 1. The van der Waals surface area contributed by atoms with Crippen molar-refractivity contribution in [3.8, 4) is 0 Å². The van der Waals surface area contributed by atoms with Gasteiger partial charge in [0.1, 0.15) is 6.17 Å². The Bertz CT molecular complexity index is 369. The summed E-state index contributed by atoms with van der Waals surface area (Å²) in [6.07, 6.45) is -0.503. The van der Waals surface area contributed by atoms with Crippen molar-refractivity contribution in [3.05, 3.63) is 33.7 Å². The number of rotatable bonds is 0. The second-order valence-corrected chi connectivity index (χ2v) is 3.15. The zero-order chi connectivity index (χ0) is 8.72. The summed E-state index contributed by atoms with van der Waals surface area (Å²) >= 11 is 0. The van der Waals surface area contributed by atoms with Gasteiger partial charge in [0.25, 0.3) is 5.56 Å². The molecular weight excluding hydrogens is 157 g/mol. The number of aryl methyl sites for hydroxylation is 1. The van der Waals surface area contributed by atoms with Crippen LogP contribution in [0.15, 0.2) is 16.9 Å². The zero-order valence-electron chi connectivity index (χ0n) is 6.88. The Balaban J connectivity index is 2.69. The second-order valence-electron chi connectivity index (χ2n) is 3.15. The summed E-state index contributed by atoms with van der Waals surface area (Å²) in [5.41, 5.74) is 1.17. The molecule has 3 heteroatoms. The van der Waals surface area contributed by atoms with Crippen LogP contribution in [0.5, 0.6) is 0 Å². The van der Waals surface area contributed by atoms with Crippen LogP contribution in [0, 0.1) is 6.92 Å². The quantitative estimate of drug-likeness (QED) is 0.575. The van der Waals surface area contributed by atoms with E-state index in [9.17, 15) is 9.18 Å². The van der Waals surface area contributed by atoms with Crippen molar-refractivity contribution in [1.82, 2.24) is 4.57 Å². The fourth-order valence-electron chi connectivity index (χ4n) is 1.60. The summed E-state index contributed by atoms with van der Waals surface area (Å²) in [5, 5.41) is 0. The van der Waals surface area contributed by atoms with Crippen LogP contribution in [-0.2, 0) is 6.54 Å². The lowest BCUT2D eigenvalue weighted by molar-refractivity contribution is 0.344. The zero-order valence-corrected chi connectivity index (χ0v) is 6.88. The van der Waals surface area contributed by atoms with Gasteiger partial charge in [0.15, 0.2) is 0 Å². The molecule has 1 unspecified atom stereocenters. The van der Waals surface area contributed by atoms with Crippen molar-refractivity contribution in [1.29, 1.82) is 0 Å². The predicted molar refractivity (Wildman–Crippen MR) is 43.9 cm³/mol. The maximum Gasteiger partial charge on any atom is 0.253 e. The molecule has 1 aliphatic rings. The number of alkyl halides is 1. The van der Waals surface area contributed by atoms with E-state index in [1.807, 2.05) is 0 Å². The highest BCUT2D eigenvalue weighted by atomic mass is 19.1. The number of halogens is 1. The summed E-state index contributed by atoms with van der Waals surface area (Å²) in [6, 6.07) is 3.39. The highest BCUT2D eigenvalue weighted by Crippen LogP contribution is 2.26. The van der Waals surface area contributed by atoms with E-state index in [1.165, 1.54) is 4.57 Å². The lowest BCUT2D eigenvalue weighted by Crippen LogP contribution is -2.20. The van der Waals surface area contributed by atoms with E-state index >= 15 is 0 Å². The van der Waals surface area contributed by atoms with Gasteiger partial charge >= 0.3 is 0 Å². The minimum absolute atomic E-state index is 0.0485. The summed E-state index contributed by atoms with van der Waals surface area (Å²) < 4.78 is 14.6. The summed E-state index contributed by atoms with van der Waals surface area (Å²) in [6.45, 7) is 2.28. The Morgan fingerprint density at radius 1 is 1.58 bits per heavy atom. The standard InChI is InChI=1S/C9H10FNO/c1-6-2-3-8-7(10)4-5-11(8)9(6)12/h2-3,7H,4-5H2,1H3. The first-order valence-electron chi connectivity index (χ1n) is 4.04. The van der Waals surface area contributed by atoms with E-state index in [-0.39, 0.29) is 5.56 Å². The van der Waals surface area contributed by atoms with Crippen molar-refractivity contribution < 1.29 is 4.39 Å². The summed E-state index contributed by atoms with van der Waals surface area (Å²) in [7, 11) is 0. The fraction of sp³-hybridized carbons (Fsp3) is 0.444. The Labute approximate surface area is 69.6 Å². The van der Waals surface area contributed by atoms with Gasteiger partial charge in [-0.1, -0.05) is 6.07 Å². The van der Waals surface area contributed by atoms with Gasteiger partial charge in [0, 0.05) is 18.5 Å². The minimum atomic E-state index is -0.946. The van der Waals surface area contributed by atoms with Crippen LogP contribution in [0.4, 0.5) is 4.39 Å². The van der Waals surface area contributed by atoms with Gasteiger partial charge in [-0.2, -0.15) is 0 Å². The first kappa shape index (κ1) is 7.53. The molecule has 0 saturated carbocycles. The van der Waals surface area contributed by atoms with Crippen LogP contribution in [-0.4, -0.2) is 4.57 Å². The van der Waals surface area contributed by atoms with E-state index < -0.39 is 6.17 Å². The number of aromatic nitrogens is 1. The molecule has 0 amide bonds. The van der Waals surface area contributed by atoms with Crippen molar-refractivity contribution >= 4 is 0 Å². The normalized spacial score (nSPS) is 21.0. The Kier molecular flexibility index (Phi) is 1.53. The van der Waals surface area contributed by atoms with E-state index in [0.29, 0.717) is 24.2 Å². The van der Waals surface area contributed by atoms with Gasteiger partial charge in [0.2, 0.25) is 0 Å². The smallest absolute Gasteiger partial charge is 0.253 e. The predicted octanol–water partition coefficient (Wildman–Crippen LogP) is 1.57. The van der Waals surface area contributed by atoms with E-state index in [1.54, 1.807) is 19.1 Å². The van der Waals surface area contributed by atoms with Crippen LogP contribution >= 0.6 is 0 Å². The number of fused-ring (bicyclic) bond motifs is 1. The molecule has 0 spiro atoms. The molecule has 1 aromatic rings. The summed E-state index contributed by atoms with van der Waals surface area (Å²) in [4.78, 5) is 11.4. The van der Waals surface area contributed by atoms with E-state index in [4.69, 9.17) is 0 Å². The average molecular weight is 167 g/mol. The molecule has 1 aliphatic heterocycles. The van der Waals surface area contributed by atoms with Crippen molar-refractivity contribution in [2.45, 2.75) is 26.1 Å². The molecule has 12 heavy (non-hydrogen) atoms. The van der Waals surface area contributed by atoms with Gasteiger partial charge in [-0.3, -0.25) is 4.79 Å². The van der Waals surface area contributed by atoms with E-state index in [0.717, 1.165) is 0 Å². The molecule has 0 bridgehead atoms. The van der Waals surface area contributed by atoms with Crippen molar-refractivity contribution in [2.24, 2.45) is 0 Å². The van der Waals surface area contributed by atoms with Gasteiger partial charge in [-0.25, -0.2) is 4.39 Å². The fourth-order valence-corrected chi connectivity index (χ4v) is 1.60. The molecule has 0 aliphatic carbocycles. The molecule has 0 saturated heterocycles. The minimum Gasteiger partial charge on any atom is -0.309 e. The third-order valence-electron chi connectivity index (χ3n) is 2.33. The Hall–Kier alpha value is -1.12. The Morgan fingerprint density at radius 3 is 3.08 bits per heavy atom. The highest BCUT2D eigenvalue weighted by Gasteiger charge is 2.22. The third kappa shape index (κ3) is 0.891. The second kappa shape index (κ2) is 2.44. The molecule has 0 radical (unpaired) electrons. The lowest BCUT2D eigenvalue weighted by Gasteiger charge is -2.03. The van der Waals surface area contributed by atoms with Gasteiger partial charge in [-0.15, -0.1) is 0 Å². The highest BCUT2D eigenvalue weighted by molar-refractivity contribution is 5.18. The maximum atomic E-state index is 13.1. The van der Waals surface area contributed by atoms with Gasteiger partial charge in [-0.05, 0) is 13.0 Å². The molecule has 0 aromatic carbocycles. The molecule has 0 N–H and O–H groups in total. The van der Waals surface area contributed by atoms with Crippen LogP contribution in [0.1, 0.15) is 23.8 Å². The molecule has 64 valence electrons. The molecule has 2 heterocycles. The number of hydrogen-bond donors (Lipinski definition) is 0. The first-order chi connectivity index (χ1) is 5.70. The summed E-state index contributed by atoms with van der Waals surface area (Å²) in [5.74, 6) is 0. The topological polar surface area (TPSA) is 22.0 Å². The molecule has 2 rings (SSSR count). The van der Waals surface area contributed by atoms with Crippen LogP contribution in [0.2, 0.25) is 0 Å². The van der Waals surface area contributed by atoms with Crippen molar-refractivity contribution in [3.63, 3.8) is 0 Å². The SMILES string of the molecule is Cc1ccc2n(c1=O)CCC2F. The lowest BCUT2D eigenvalue weighted by atomic mass is 10.2. The van der Waals surface area contributed by atoms with Crippen LogP contribution in [0.25, 0.3) is 0 Å². The van der Waals surface area contributed by atoms with Crippen LogP contribution in [0.3, 0.4) is 0 Å². The first-order valence-corrected chi connectivity index (χ1v) is 4.04. The number of pyridine rings is 1. The monoisotopic (exact) mass is 167 g/mol. The molecule has 1 atom stereocenters. The maximum absolute atomic E-state index is 13.1. The molecular formula is C9H10FNO. The van der Waals surface area contributed by atoms with Crippen LogP contribution < -0.4 is 5.56 Å². The van der Waals surface area contributed by atoms with E-state index in [2.05, 4.69) is 0 Å². The average Bonchev–Trinajstić information content (AvgIpc) is 2.41. The molecule has 1 aromatic heterocycles. The third-order valence-corrected chi connectivity index (χ3v) is 2.33. The van der Waals surface area contributed by atoms with Gasteiger partial charge in [0.05, 0.1) is 5.69 Å². The van der Waals surface area contributed by atoms with Crippen molar-refractivity contribution in [2.75, 3.05) is 0 Å². The molecule has 2 nitrogen and oxygen atoms in total. The largest absolute Gasteiger partial charge is 0.309 e. The Morgan fingerprint density at radius 2 is 2.33 bits per heavy atom. The van der Waals surface area contributed by atoms with Gasteiger partial charge < -0.3 is 4.57 Å².